The first kappa shape index (κ1) is 23.7. The summed E-state index contributed by atoms with van der Waals surface area (Å²) < 4.78 is 39.4. The van der Waals surface area contributed by atoms with Crippen LogP contribution in [0.3, 0.4) is 0 Å². The van der Waals surface area contributed by atoms with Gasteiger partial charge < -0.3 is 10.2 Å². The minimum atomic E-state index is -4.45. The van der Waals surface area contributed by atoms with Crippen molar-refractivity contribution < 1.29 is 27.6 Å². The van der Waals surface area contributed by atoms with E-state index in [2.05, 4.69) is 11.9 Å². The zero-order valence-electron chi connectivity index (χ0n) is 18.8. The number of hydrogen-bond donors (Lipinski definition) is 1. The smallest absolute Gasteiger partial charge is 0.329 e. The van der Waals surface area contributed by atoms with Gasteiger partial charge in [0.1, 0.15) is 11.8 Å². The normalized spacial score (nSPS) is 18.2. The number of aryl methyl sites for hydroxylation is 2. The standard InChI is InChI=1S/C26H25F3N2O3/c1-15-3-5-18(13-22(15)26(27,28)29)12-20(32)8-6-17-7-9-21-19(11-17)14-31(25(21)34)23-10-4-16(2)30-24(23)33/h3,5,7,9,11,13,23H,2,4,6,8,10,12,14H2,1H3,(H,30,33). The molecule has 1 fully saturated rings. The average molecular weight is 470 g/mol. The van der Waals surface area contributed by atoms with Crippen LogP contribution in [-0.2, 0) is 35.2 Å². The zero-order chi connectivity index (χ0) is 24.6. The first-order chi connectivity index (χ1) is 16.0. The van der Waals surface area contributed by atoms with Gasteiger partial charge in [-0.1, -0.05) is 30.8 Å². The summed E-state index contributed by atoms with van der Waals surface area (Å²) in [6.07, 6.45) is -2.77. The van der Waals surface area contributed by atoms with E-state index in [-0.39, 0.29) is 36.0 Å². The molecule has 34 heavy (non-hydrogen) atoms. The monoisotopic (exact) mass is 470 g/mol. The topological polar surface area (TPSA) is 66.5 Å². The number of nitrogens with zero attached hydrogens (tertiary/aromatic N) is 1. The van der Waals surface area contributed by atoms with Crippen molar-refractivity contribution in [3.8, 4) is 0 Å². The molecule has 2 amide bonds. The molecule has 2 aliphatic heterocycles. The summed E-state index contributed by atoms with van der Waals surface area (Å²) in [7, 11) is 0. The van der Waals surface area contributed by atoms with Gasteiger partial charge in [-0.3, -0.25) is 14.4 Å². The lowest BCUT2D eigenvalue weighted by Crippen LogP contribution is -2.49. The van der Waals surface area contributed by atoms with Gasteiger partial charge in [0.2, 0.25) is 5.91 Å². The maximum absolute atomic E-state index is 13.1. The molecule has 4 rings (SSSR count). The maximum Gasteiger partial charge on any atom is 0.416 e. The van der Waals surface area contributed by atoms with Gasteiger partial charge in [0.15, 0.2) is 0 Å². The molecule has 5 nitrogen and oxygen atoms in total. The fourth-order valence-electron chi connectivity index (χ4n) is 4.55. The number of halogens is 3. The number of alkyl halides is 3. The van der Waals surface area contributed by atoms with Crippen LogP contribution < -0.4 is 5.32 Å². The molecular weight excluding hydrogens is 445 g/mol. The van der Waals surface area contributed by atoms with E-state index in [9.17, 15) is 27.6 Å². The van der Waals surface area contributed by atoms with E-state index in [1.165, 1.54) is 13.0 Å². The number of carbonyl (C=O) groups is 3. The van der Waals surface area contributed by atoms with Gasteiger partial charge in [0.05, 0.1) is 5.56 Å². The summed E-state index contributed by atoms with van der Waals surface area (Å²) in [5.74, 6) is -0.576. The molecule has 0 aromatic heterocycles. The Morgan fingerprint density at radius 1 is 1.15 bits per heavy atom. The van der Waals surface area contributed by atoms with Gasteiger partial charge >= 0.3 is 6.18 Å². The molecule has 2 aliphatic rings. The molecule has 2 heterocycles. The molecule has 8 heteroatoms. The van der Waals surface area contributed by atoms with Crippen molar-refractivity contribution in [3.63, 3.8) is 0 Å². The van der Waals surface area contributed by atoms with Crippen LogP contribution in [0.5, 0.6) is 0 Å². The predicted molar refractivity (Wildman–Crippen MR) is 120 cm³/mol. The molecule has 1 saturated heterocycles. The minimum absolute atomic E-state index is 0.0668. The third kappa shape index (κ3) is 4.90. The second-order valence-electron chi connectivity index (χ2n) is 8.93. The van der Waals surface area contributed by atoms with Gasteiger partial charge in [-0.15, -0.1) is 0 Å². The van der Waals surface area contributed by atoms with Crippen molar-refractivity contribution in [3.05, 3.63) is 82.1 Å². The maximum atomic E-state index is 13.1. The number of nitrogens with one attached hydrogen (secondary N) is 1. The van der Waals surface area contributed by atoms with E-state index in [0.717, 1.165) is 17.2 Å². The van der Waals surface area contributed by atoms with E-state index in [4.69, 9.17) is 0 Å². The second kappa shape index (κ2) is 9.08. The molecule has 0 saturated carbocycles. The third-order valence-corrected chi connectivity index (χ3v) is 6.40. The molecule has 178 valence electrons. The number of allylic oxidation sites excluding steroid dienone is 1. The minimum Gasteiger partial charge on any atom is -0.329 e. The van der Waals surface area contributed by atoms with Crippen molar-refractivity contribution in [1.82, 2.24) is 10.2 Å². The molecule has 1 N–H and O–H groups in total. The zero-order valence-corrected chi connectivity index (χ0v) is 18.8. The highest BCUT2D eigenvalue weighted by atomic mass is 19.4. The van der Waals surface area contributed by atoms with Crippen LogP contribution in [0.1, 0.15) is 57.4 Å². The largest absolute Gasteiger partial charge is 0.416 e. The molecular formula is C26H25F3N2O3. The van der Waals surface area contributed by atoms with E-state index in [1.54, 1.807) is 23.1 Å². The lowest BCUT2D eigenvalue weighted by molar-refractivity contribution is -0.138. The summed E-state index contributed by atoms with van der Waals surface area (Å²) in [5, 5.41) is 2.71. The fraction of sp³-hybridized carbons (Fsp3) is 0.346. The lowest BCUT2D eigenvalue weighted by Gasteiger charge is -2.30. The number of hydrogen-bond acceptors (Lipinski definition) is 3. The Labute approximate surface area is 195 Å². The molecule has 0 spiro atoms. The summed E-state index contributed by atoms with van der Waals surface area (Å²) in [4.78, 5) is 39.1. The van der Waals surface area contributed by atoms with Crippen LogP contribution in [0.15, 0.2) is 48.7 Å². The average Bonchev–Trinajstić information content (AvgIpc) is 3.08. The van der Waals surface area contributed by atoms with E-state index in [1.807, 2.05) is 6.07 Å². The summed E-state index contributed by atoms with van der Waals surface area (Å²) >= 11 is 0. The molecule has 2 aromatic carbocycles. The highest BCUT2D eigenvalue weighted by molar-refractivity contribution is 6.01. The van der Waals surface area contributed by atoms with E-state index < -0.39 is 17.8 Å². The first-order valence-electron chi connectivity index (χ1n) is 11.1. The highest BCUT2D eigenvalue weighted by Gasteiger charge is 2.38. The molecule has 1 atom stereocenters. The van der Waals surface area contributed by atoms with Gasteiger partial charge in [-0.25, -0.2) is 0 Å². The number of benzene rings is 2. The van der Waals surface area contributed by atoms with Crippen LogP contribution in [0, 0.1) is 6.92 Å². The van der Waals surface area contributed by atoms with Crippen LogP contribution in [0.2, 0.25) is 0 Å². The number of rotatable bonds is 6. The summed E-state index contributed by atoms with van der Waals surface area (Å²) in [6.45, 7) is 5.48. The van der Waals surface area contributed by atoms with Crippen molar-refractivity contribution in [2.75, 3.05) is 0 Å². The number of Topliss-reactive ketones (excluding diaryl/α,β-unsaturated/α-hetero) is 1. The first-order valence-corrected chi connectivity index (χ1v) is 11.1. The molecule has 0 radical (unpaired) electrons. The predicted octanol–water partition coefficient (Wildman–Crippen LogP) is 4.51. The van der Waals surface area contributed by atoms with Gasteiger partial charge in [0, 0.05) is 30.6 Å². The Morgan fingerprint density at radius 3 is 2.59 bits per heavy atom. The Morgan fingerprint density at radius 2 is 1.88 bits per heavy atom. The number of ketones is 1. The Balaban J connectivity index is 1.38. The number of amides is 2. The van der Waals surface area contributed by atoms with Crippen LogP contribution in [0.4, 0.5) is 13.2 Å². The number of fused-ring (bicyclic) bond motifs is 1. The lowest BCUT2D eigenvalue weighted by atomic mass is 9.97. The van der Waals surface area contributed by atoms with Crippen LogP contribution in [-0.4, -0.2) is 28.5 Å². The molecule has 0 bridgehead atoms. The van der Waals surface area contributed by atoms with Crippen molar-refractivity contribution in [2.24, 2.45) is 0 Å². The Hall–Kier alpha value is -3.42. The van der Waals surface area contributed by atoms with Gasteiger partial charge in [0.25, 0.3) is 5.91 Å². The number of piperidine rings is 1. The van der Waals surface area contributed by atoms with E-state index in [0.29, 0.717) is 42.6 Å². The van der Waals surface area contributed by atoms with Gasteiger partial charge in [-0.05, 0) is 60.6 Å². The SMILES string of the molecule is C=C1CCC(N2Cc3cc(CCC(=O)Cc4ccc(C)c(C(F)(F)F)c4)ccc3C2=O)C(=O)N1. The van der Waals surface area contributed by atoms with E-state index >= 15 is 0 Å². The highest BCUT2D eigenvalue weighted by Crippen LogP contribution is 2.33. The van der Waals surface area contributed by atoms with Crippen molar-refractivity contribution in [2.45, 2.75) is 57.8 Å². The summed E-state index contributed by atoms with van der Waals surface area (Å²) in [6, 6.07) is 8.81. The fourth-order valence-corrected chi connectivity index (χ4v) is 4.55. The van der Waals surface area contributed by atoms with Gasteiger partial charge in [-0.2, -0.15) is 13.2 Å². The molecule has 1 unspecified atom stereocenters. The molecule has 2 aromatic rings. The Kier molecular flexibility index (Phi) is 6.34. The summed E-state index contributed by atoms with van der Waals surface area (Å²) in [5.41, 5.74) is 2.61. The molecule has 0 aliphatic carbocycles. The van der Waals surface area contributed by atoms with Crippen LogP contribution >= 0.6 is 0 Å². The second-order valence-corrected chi connectivity index (χ2v) is 8.93. The van der Waals surface area contributed by atoms with Crippen molar-refractivity contribution >= 4 is 17.6 Å². The third-order valence-electron chi connectivity index (χ3n) is 6.40. The van der Waals surface area contributed by atoms with Crippen LogP contribution in [0.25, 0.3) is 0 Å². The van der Waals surface area contributed by atoms with Crippen molar-refractivity contribution in [1.29, 1.82) is 0 Å². The quantitative estimate of drug-likeness (QED) is 0.676. The Bertz CT molecular complexity index is 1190. The number of carbonyl (C=O) groups excluding carboxylic acids is 3.